The third-order valence-electron chi connectivity index (χ3n) is 5.76. The molecule has 0 atom stereocenters. The molecular formula is C27H18O. The van der Waals surface area contributed by atoms with Crippen LogP contribution in [0.4, 0.5) is 0 Å². The quantitative estimate of drug-likeness (QED) is 0.301. The van der Waals surface area contributed by atoms with E-state index in [2.05, 4.69) is 78.9 Å². The molecule has 6 rings (SSSR count). The summed E-state index contributed by atoms with van der Waals surface area (Å²) in [7, 11) is 0. The molecule has 0 saturated heterocycles. The summed E-state index contributed by atoms with van der Waals surface area (Å²) in [5, 5.41) is 5.16. The van der Waals surface area contributed by atoms with E-state index < -0.39 is 0 Å². The van der Waals surface area contributed by atoms with E-state index in [9.17, 15) is 0 Å². The maximum absolute atomic E-state index is 5.72. The van der Waals surface area contributed by atoms with Gasteiger partial charge in [0.05, 0.1) is 6.26 Å². The average molecular weight is 358 g/mol. The van der Waals surface area contributed by atoms with E-state index in [0.717, 1.165) is 17.7 Å². The second-order valence-corrected chi connectivity index (χ2v) is 7.43. The van der Waals surface area contributed by atoms with Crippen LogP contribution in [0.1, 0.15) is 16.7 Å². The van der Waals surface area contributed by atoms with Gasteiger partial charge in [-0.05, 0) is 74.5 Å². The molecule has 1 aromatic heterocycles. The molecule has 0 unspecified atom stereocenters. The van der Waals surface area contributed by atoms with Gasteiger partial charge in [-0.2, -0.15) is 0 Å². The second-order valence-electron chi connectivity index (χ2n) is 7.43. The minimum Gasteiger partial charge on any atom is -0.464 e. The van der Waals surface area contributed by atoms with Crippen molar-refractivity contribution in [3.8, 4) is 11.3 Å². The van der Waals surface area contributed by atoms with E-state index in [4.69, 9.17) is 4.42 Å². The predicted molar refractivity (Wildman–Crippen MR) is 117 cm³/mol. The van der Waals surface area contributed by atoms with Crippen molar-refractivity contribution in [1.82, 2.24) is 0 Å². The molecule has 0 amide bonds. The SMILES string of the molecule is C1=C(c2cc(-c3ccco3)cc3ccc4ccccc4c23)Cc2ccccc21. The summed E-state index contributed by atoms with van der Waals surface area (Å²) >= 11 is 0. The highest BCUT2D eigenvalue weighted by atomic mass is 16.3. The average Bonchev–Trinajstić information content (AvgIpc) is 3.42. The lowest BCUT2D eigenvalue weighted by molar-refractivity contribution is 0.582. The number of furan rings is 1. The lowest BCUT2D eigenvalue weighted by atomic mass is 9.90. The lowest BCUT2D eigenvalue weighted by Gasteiger charge is -2.13. The first-order valence-corrected chi connectivity index (χ1v) is 9.65. The lowest BCUT2D eigenvalue weighted by Crippen LogP contribution is -1.91. The first-order valence-electron chi connectivity index (χ1n) is 9.65. The maximum Gasteiger partial charge on any atom is 0.133 e. The monoisotopic (exact) mass is 358 g/mol. The van der Waals surface area contributed by atoms with Gasteiger partial charge in [0.2, 0.25) is 0 Å². The fourth-order valence-electron chi connectivity index (χ4n) is 4.44. The number of benzene rings is 4. The van der Waals surface area contributed by atoms with Gasteiger partial charge in [0, 0.05) is 5.56 Å². The van der Waals surface area contributed by atoms with Crippen molar-refractivity contribution < 1.29 is 4.42 Å². The molecule has 0 saturated carbocycles. The molecule has 5 aromatic rings. The number of hydrogen-bond acceptors (Lipinski definition) is 1. The number of allylic oxidation sites excluding steroid dienone is 1. The number of fused-ring (bicyclic) bond motifs is 4. The van der Waals surface area contributed by atoms with E-state index in [1.165, 1.54) is 43.8 Å². The van der Waals surface area contributed by atoms with Gasteiger partial charge in [-0.3, -0.25) is 0 Å². The Morgan fingerprint density at radius 3 is 2.46 bits per heavy atom. The minimum absolute atomic E-state index is 0.910. The van der Waals surface area contributed by atoms with Gasteiger partial charge < -0.3 is 4.42 Å². The summed E-state index contributed by atoms with van der Waals surface area (Å²) in [6.07, 6.45) is 5.05. The van der Waals surface area contributed by atoms with Gasteiger partial charge in [0.25, 0.3) is 0 Å². The van der Waals surface area contributed by atoms with E-state index >= 15 is 0 Å². The minimum atomic E-state index is 0.910. The van der Waals surface area contributed by atoms with Crippen molar-refractivity contribution in [1.29, 1.82) is 0 Å². The summed E-state index contributed by atoms with van der Waals surface area (Å²) < 4.78 is 5.72. The van der Waals surface area contributed by atoms with E-state index in [1.807, 2.05) is 12.1 Å². The third-order valence-corrected chi connectivity index (χ3v) is 5.76. The smallest absolute Gasteiger partial charge is 0.133 e. The molecule has 28 heavy (non-hydrogen) atoms. The normalized spacial score (nSPS) is 13.1. The van der Waals surface area contributed by atoms with Crippen LogP contribution < -0.4 is 0 Å². The number of hydrogen-bond donors (Lipinski definition) is 0. The summed E-state index contributed by atoms with van der Waals surface area (Å²) in [6, 6.07) is 30.3. The highest BCUT2D eigenvalue weighted by Crippen LogP contribution is 2.40. The zero-order chi connectivity index (χ0) is 18.5. The Kier molecular flexibility index (Phi) is 3.30. The van der Waals surface area contributed by atoms with Crippen molar-refractivity contribution in [2.24, 2.45) is 0 Å². The Morgan fingerprint density at radius 2 is 1.57 bits per heavy atom. The van der Waals surface area contributed by atoms with Crippen LogP contribution in [0.25, 0.3) is 44.5 Å². The molecule has 0 N–H and O–H groups in total. The first-order chi connectivity index (χ1) is 13.9. The summed E-state index contributed by atoms with van der Waals surface area (Å²) in [4.78, 5) is 0. The van der Waals surface area contributed by atoms with Crippen molar-refractivity contribution in [2.45, 2.75) is 6.42 Å². The first kappa shape index (κ1) is 15.5. The molecule has 0 fully saturated rings. The third kappa shape index (κ3) is 2.33. The molecule has 4 aromatic carbocycles. The largest absolute Gasteiger partial charge is 0.464 e. The van der Waals surface area contributed by atoms with E-state index in [0.29, 0.717) is 0 Å². The predicted octanol–water partition coefficient (Wildman–Crippen LogP) is 7.35. The Labute approximate surface area is 163 Å². The molecule has 0 spiro atoms. The van der Waals surface area contributed by atoms with Crippen LogP contribution in [0.3, 0.4) is 0 Å². The van der Waals surface area contributed by atoms with Gasteiger partial charge in [0.1, 0.15) is 5.76 Å². The maximum atomic E-state index is 5.72. The Bertz CT molecular complexity index is 1370. The van der Waals surface area contributed by atoms with Gasteiger partial charge in [0.15, 0.2) is 0 Å². The standard InChI is InChI=1S/C27H18O/c1-2-8-20-15-22(14-19(20)7-1)25-17-23(26-10-5-13-28-26)16-21-12-11-18-6-3-4-9-24(18)27(21)25/h1-14,16-17H,15H2. The highest BCUT2D eigenvalue weighted by Gasteiger charge is 2.18. The van der Waals surface area contributed by atoms with E-state index in [-0.39, 0.29) is 0 Å². The van der Waals surface area contributed by atoms with Crippen molar-refractivity contribution in [3.05, 3.63) is 108 Å². The Morgan fingerprint density at radius 1 is 0.714 bits per heavy atom. The zero-order valence-electron chi connectivity index (χ0n) is 15.4. The molecule has 132 valence electrons. The van der Waals surface area contributed by atoms with Gasteiger partial charge in [-0.25, -0.2) is 0 Å². The number of rotatable bonds is 2. The fourth-order valence-corrected chi connectivity index (χ4v) is 4.44. The van der Waals surface area contributed by atoms with Crippen LogP contribution in [0, 0.1) is 0 Å². The molecule has 0 aliphatic heterocycles. The molecule has 1 aliphatic rings. The second kappa shape index (κ2) is 5.97. The van der Waals surface area contributed by atoms with Crippen molar-refractivity contribution in [3.63, 3.8) is 0 Å². The molecule has 1 heterocycles. The van der Waals surface area contributed by atoms with Crippen LogP contribution in [-0.2, 0) is 6.42 Å². The fraction of sp³-hybridized carbons (Fsp3) is 0.0370. The topological polar surface area (TPSA) is 13.1 Å². The van der Waals surface area contributed by atoms with Crippen LogP contribution >= 0.6 is 0 Å². The van der Waals surface area contributed by atoms with Crippen LogP contribution in [0.15, 0.2) is 95.6 Å². The van der Waals surface area contributed by atoms with Gasteiger partial charge in [-0.1, -0.05) is 66.7 Å². The molecule has 0 bridgehead atoms. The molecule has 1 heteroatoms. The highest BCUT2D eigenvalue weighted by molar-refractivity contribution is 6.15. The molecular weight excluding hydrogens is 340 g/mol. The van der Waals surface area contributed by atoms with Crippen molar-refractivity contribution in [2.75, 3.05) is 0 Å². The zero-order valence-corrected chi connectivity index (χ0v) is 15.4. The molecule has 1 aliphatic carbocycles. The molecule has 1 nitrogen and oxygen atoms in total. The Balaban J connectivity index is 1.68. The summed E-state index contributed by atoms with van der Waals surface area (Å²) in [6.45, 7) is 0. The van der Waals surface area contributed by atoms with Crippen LogP contribution in [-0.4, -0.2) is 0 Å². The van der Waals surface area contributed by atoms with Crippen molar-refractivity contribution >= 4 is 33.2 Å². The summed E-state index contributed by atoms with van der Waals surface area (Å²) in [5.41, 5.74) is 6.52. The van der Waals surface area contributed by atoms with Gasteiger partial charge in [-0.15, -0.1) is 0 Å². The van der Waals surface area contributed by atoms with Crippen LogP contribution in [0.5, 0.6) is 0 Å². The Hall–Kier alpha value is -3.58. The summed E-state index contributed by atoms with van der Waals surface area (Å²) in [5.74, 6) is 0.910. The van der Waals surface area contributed by atoms with Gasteiger partial charge >= 0.3 is 0 Å². The molecule has 0 radical (unpaired) electrons. The van der Waals surface area contributed by atoms with Crippen LogP contribution in [0.2, 0.25) is 0 Å². The van der Waals surface area contributed by atoms with E-state index in [1.54, 1.807) is 6.26 Å².